The van der Waals surface area contributed by atoms with E-state index in [1.165, 1.54) is 0 Å². The van der Waals surface area contributed by atoms with Crippen LogP contribution in [0, 0.1) is 5.92 Å². The van der Waals surface area contributed by atoms with Crippen molar-refractivity contribution < 1.29 is 29.0 Å². The first-order valence-electron chi connectivity index (χ1n) is 11.0. The van der Waals surface area contributed by atoms with Gasteiger partial charge in [-0.3, -0.25) is 14.4 Å². The van der Waals surface area contributed by atoms with E-state index < -0.39 is 5.72 Å². The average Bonchev–Trinajstić information content (AvgIpc) is 3.38. The van der Waals surface area contributed by atoms with Gasteiger partial charge >= 0.3 is 0 Å². The van der Waals surface area contributed by atoms with Gasteiger partial charge < -0.3 is 24.4 Å². The minimum absolute atomic E-state index is 0.0692. The third kappa shape index (κ3) is 4.13. The van der Waals surface area contributed by atoms with E-state index in [4.69, 9.17) is 19.4 Å². The van der Waals surface area contributed by atoms with Crippen molar-refractivity contribution >= 4 is 18.3 Å². The number of para-hydroxylation sites is 1. The van der Waals surface area contributed by atoms with Crippen LogP contribution in [0.2, 0.25) is 0 Å². The molecule has 0 bridgehead atoms. The Labute approximate surface area is 183 Å². The molecular formula is C23H32N2O6. The summed E-state index contributed by atoms with van der Waals surface area (Å²) >= 11 is 0. The van der Waals surface area contributed by atoms with Crippen molar-refractivity contribution in [3.63, 3.8) is 0 Å². The smallest absolute Gasteiger partial charge is 0.290 e. The molecule has 1 aromatic rings. The van der Waals surface area contributed by atoms with Gasteiger partial charge in [0.1, 0.15) is 5.75 Å². The number of ether oxygens (including phenoxy) is 2. The Bertz CT molecular complexity index is 813. The van der Waals surface area contributed by atoms with Gasteiger partial charge in [0.2, 0.25) is 5.91 Å². The van der Waals surface area contributed by atoms with Crippen molar-refractivity contribution in [2.75, 3.05) is 19.8 Å². The number of hydrogen-bond acceptors (Lipinski definition) is 5. The third-order valence-corrected chi connectivity index (χ3v) is 6.39. The predicted octanol–water partition coefficient (Wildman–Crippen LogP) is 2.76. The van der Waals surface area contributed by atoms with E-state index in [2.05, 4.69) is 20.8 Å². The van der Waals surface area contributed by atoms with E-state index in [1.807, 2.05) is 34.1 Å². The maximum Gasteiger partial charge on any atom is 0.290 e. The molecule has 3 fully saturated rings. The lowest BCUT2D eigenvalue weighted by Crippen LogP contribution is -2.51. The van der Waals surface area contributed by atoms with Crippen molar-refractivity contribution in [3.8, 4) is 5.75 Å². The fourth-order valence-corrected chi connectivity index (χ4v) is 4.86. The van der Waals surface area contributed by atoms with Crippen molar-refractivity contribution in [2.24, 2.45) is 5.92 Å². The van der Waals surface area contributed by atoms with E-state index in [-0.39, 0.29) is 30.4 Å². The summed E-state index contributed by atoms with van der Waals surface area (Å²) in [6.45, 7) is 7.85. The molecule has 1 spiro atoms. The fourth-order valence-electron chi connectivity index (χ4n) is 4.86. The average molecular weight is 433 g/mol. The second-order valence-corrected chi connectivity index (χ2v) is 8.50. The van der Waals surface area contributed by atoms with Gasteiger partial charge in [0, 0.05) is 13.0 Å². The summed E-state index contributed by atoms with van der Waals surface area (Å²) in [7, 11) is 0. The molecule has 31 heavy (non-hydrogen) atoms. The Balaban J connectivity index is 0.000000858. The quantitative estimate of drug-likeness (QED) is 0.549. The molecule has 3 saturated heterocycles. The SMILES string of the molecule is CCCCOc1ccccc1C(=O)N1CC[C@@]23OC[C@@H](C(C)C)N2C(=O)C[C@@H]13.O=CO. The van der Waals surface area contributed by atoms with Crippen LogP contribution < -0.4 is 4.74 Å². The van der Waals surface area contributed by atoms with Gasteiger partial charge in [0.25, 0.3) is 12.4 Å². The molecule has 4 rings (SSSR count). The summed E-state index contributed by atoms with van der Waals surface area (Å²) < 4.78 is 12.1. The summed E-state index contributed by atoms with van der Waals surface area (Å²) in [5.74, 6) is 0.987. The van der Waals surface area contributed by atoms with Crippen molar-refractivity contribution in [2.45, 2.75) is 64.3 Å². The number of hydrogen-bond donors (Lipinski definition) is 1. The van der Waals surface area contributed by atoms with Crippen molar-refractivity contribution in [3.05, 3.63) is 29.8 Å². The maximum absolute atomic E-state index is 13.4. The van der Waals surface area contributed by atoms with Gasteiger partial charge in [-0.25, -0.2) is 0 Å². The molecule has 1 aromatic carbocycles. The van der Waals surface area contributed by atoms with E-state index in [0.717, 1.165) is 12.8 Å². The Morgan fingerprint density at radius 2 is 2.10 bits per heavy atom. The topological polar surface area (TPSA) is 96.4 Å². The van der Waals surface area contributed by atoms with Crippen LogP contribution in [0.5, 0.6) is 5.75 Å². The normalized spacial score (nSPS) is 26.4. The monoisotopic (exact) mass is 432 g/mol. The van der Waals surface area contributed by atoms with Crippen LogP contribution in [0.1, 0.15) is 56.8 Å². The molecule has 3 aliphatic rings. The molecule has 8 nitrogen and oxygen atoms in total. The molecule has 3 atom stereocenters. The summed E-state index contributed by atoms with van der Waals surface area (Å²) in [4.78, 5) is 38.4. The van der Waals surface area contributed by atoms with Crippen LogP contribution >= 0.6 is 0 Å². The number of rotatable bonds is 6. The highest BCUT2D eigenvalue weighted by atomic mass is 16.5. The number of nitrogens with zero attached hydrogens (tertiary/aromatic N) is 2. The highest BCUT2D eigenvalue weighted by Crippen LogP contribution is 2.49. The zero-order valence-corrected chi connectivity index (χ0v) is 18.5. The van der Waals surface area contributed by atoms with Crippen LogP contribution in [0.25, 0.3) is 0 Å². The molecule has 170 valence electrons. The molecule has 2 amide bonds. The Morgan fingerprint density at radius 3 is 2.77 bits per heavy atom. The van der Waals surface area contributed by atoms with Crippen LogP contribution in [-0.4, -0.2) is 70.8 Å². The largest absolute Gasteiger partial charge is 0.493 e. The van der Waals surface area contributed by atoms with Crippen molar-refractivity contribution in [1.82, 2.24) is 9.80 Å². The summed E-state index contributed by atoms with van der Waals surface area (Å²) in [5.41, 5.74) is -0.0698. The molecule has 0 saturated carbocycles. The van der Waals surface area contributed by atoms with Crippen LogP contribution in [0.15, 0.2) is 24.3 Å². The first-order chi connectivity index (χ1) is 14.9. The molecule has 3 aliphatic heterocycles. The minimum Gasteiger partial charge on any atom is -0.493 e. The van der Waals surface area contributed by atoms with Gasteiger partial charge in [-0.1, -0.05) is 39.3 Å². The lowest BCUT2D eigenvalue weighted by molar-refractivity contribution is -0.139. The number of amides is 2. The molecule has 0 aromatic heterocycles. The van der Waals surface area contributed by atoms with Gasteiger partial charge in [0.15, 0.2) is 5.72 Å². The second kappa shape index (κ2) is 9.68. The van der Waals surface area contributed by atoms with Crippen LogP contribution in [0.3, 0.4) is 0 Å². The summed E-state index contributed by atoms with van der Waals surface area (Å²) in [5, 5.41) is 6.89. The molecular weight excluding hydrogens is 400 g/mol. The molecule has 0 radical (unpaired) electrons. The van der Waals surface area contributed by atoms with Crippen LogP contribution in [0.4, 0.5) is 0 Å². The molecule has 8 heteroatoms. The zero-order chi connectivity index (χ0) is 22.6. The standard InChI is InChI=1S/C22H30N2O4.CH2O2/c1-4-5-12-27-18-9-7-6-8-16(18)21(26)23-11-10-22-19(23)13-20(25)24(22)17(14-28-22)15(2)3;2-1-3/h6-9,15,17,19H,4-5,10-14H2,1-3H3;1H,(H,2,3)/t17-,19+,22-;/m0./s1. The van der Waals surface area contributed by atoms with Gasteiger partial charge in [0.05, 0.1) is 37.3 Å². The molecule has 1 N–H and O–H groups in total. The van der Waals surface area contributed by atoms with E-state index in [9.17, 15) is 9.59 Å². The van der Waals surface area contributed by atoms with E-state index >= 15 is 0 Å². The lowest BCUT2D eigenvalue weighted by Gasteiger charge is -2.34. The number of unbranched alkanes of at least 4 members (excludes halogenated alkanes) is 1. The maximum atomic E-state index is 13.4. The molecule has 0 aliphatic carbocycles. The number of benzene rings is 1. The highest BCUT2D eigenvalue weighted by Gasteiger charge is 2.65. The van der Waals surface area contributed by atoms with Crippen LogP contribution in [-0.2, 0) is 14.3 Å². The zero-order valence-electron chi connectivity index (χ0n) is 18.5. The Hall–Kier alpha value is -2.61. The predicted molar refractivity (Wildman–Crippen MR) is 114 cm³/mol. The summed E-state index contributed by atoms with van der Waals surface area (Å²) in [6.07, 6.45) is 3.01. The Morgan fingerprint density at radius 1 is 1.39 bits per heavy atom. The Kier molecular flexibility index (Phi) is 7.20. The first-order valence-corrected chi connectivity index (χ1v) is 11.0. The van der Waals surface area contributed by atoms with E-state index in [0.29, 0.717) is 49.8 Å². The number of carbonyl (C=O) groups is 3. The molecule has 3 heterocycles. The minimum atomic E-state index is -0.639. The van der Waals surface area contributed by atoms with Gasteiger partial charge in [-0.2, -0.15) is 0 Å². The number of carbonyl (C=O) groups excluding carboxylic acids is 2. The first kappa shape index (κ1) is 23.1. The second-order valence-electron chi connectivity index (χ2n) is 8.50. The molecule has 0 unspecified atom stereocenters. The number of likely N-dealkylation sites (tertiary alicyclic amines) is 1. The van der Waals surface area contributed by atoms with E-state index in [1.54, 1.807) is 0 Å². The third-order valence-electron chi connectivity index (χ3n) is 6.39. The highest BCUT2D eigenvalue weighted by molar-refractivity contribution is 5.98. The lowest BCUT2D eigenvalue weighted by atomic mass is 10.0. The summed E-state index contributed by atoms with van der Waals surface area (Å²) in [6, 6.07) is 7.28. The van der Waals surface area contributed by atoms with Gasteiger partial charge in [-0.15, -0.1) is 0 Å². The number of carboxylic acid groups (broad SMARTS) is 1. The van der Waals surface area contributed by atoms with Crippen molar-refractivity contribution in [1.29, 1.82) is 0 Å². The fraction of sp³-hybridized carbons (Fsp3) is 0.609. The van der Waals surface area contributed by atoms with Gasteiger partial charge in [-0.05, 0) is 24.5 Å².